The van der Waals surface area contributed by atoms with Crippen LogP contribution < -0.4 is 0 Å². The molecule has 216 valence electrons. The van der Waals surface area contributed by atoms with E-state index < -0.39 is 0 Å². The van der Waals surface area contributed by atoms with Crippen molar-refractivity contribution >= 4 is 27.3 Å². The molecule has 0 atom stereocenters. The molecule has 0 saturated heterocycles. The maximum absolute atomic E-state index is 5.03. The Labute approximate surface area is 264 Å². The number of benzene rings is 6. The van der Waals surface area contributed by atoms with E-state index in [4.69, 9.17) is 4.98 Å². The van der Waals surface area contributed by atoms with E-state index in [1.54, 1.807) is 0 Å². The number of imidazole rings is 1. The van der Waals surface area contributed by atoms with Crippen molar-refractivity contribution in [2.45, 2.75) is 25.7 Å². The molecule has 0 bridgehead atoms. The predicted molar refractivity (Wildman–Crippen MR) is 189 cm³/mol. The van der Waals surface area contributed by atoms with Crippen LogP contribution in [-0.4, -0.2) is 9.38 Å². The second-order valence-corrected chi connectivity index (χ2v) is 11.9. The summed E-state index contributed by atoms with van der Waals surface area (Å²) in [5.41, 5.74) is 12.5. The number of pyridine rings is 1. The molecule has 2 aromatic heterocycles. The highest BCUT2D eigenvalue weighted by molar-refractivity contribution is 6.12. The Bertz CT molecular complexity index is 2200. The molecular formula is C43H34N2. The van der Waals surface area contributed by atoms with Gasteiger partial charge in [0.05, 0.1) is 17.4 Å². The topological polar surface area (TPSA) is 17.3 Å². The van der Waals surface area contributed by atoms with Gasteiger partial charge in [-0.2, -0.15) is 0 Å². The van der Waals surface area contributed by atoms with Crippen LogP contribution in [0, 0.1) is 0 Å². The number of rotatable bonds is 8. The number of fused-ring (bicyclic) bond motifs is 6. The number of nitrogens with zero attached hydrogens (tertiary/aromatic N) is 2. The van der Waals surface area contributed by atoms with E-state index in [1.807, 2.05) is 0 Å². The zero-order valence-corrected chi connectivity index (χ0v) is 25.2. The lowest BCUT2D eigenvalue weighted by atomic mass is 9.91. The van der Waals surface area contributed by atoms with Gasteiger partial charge < -0.3 is 0 Å². The highest BCUT2D eigenvalue weighted by Gasteiger charge is 2.17. The molecule has 2 heterocycles. The third-order valence-corrected chi connectivity index (χ3v) is 9.02. The van der Waals surface area contributed by atoms with E-state index in [2.05, 4.69) is 162 Å². The van der Waals surface area contributed by atoms with Gasteiger partial charge in [0, 0.05) is 16.3 Å². The van der Waals surface area contributed by atoms with Crippen molar-refractivity contribution < 1.29 is 0 Å². The second kappa shape index (κ2) is 11.9. The Morgan fingerprint density at radius 3 is 1.60 bits per heavy atom. The van der Waals surface area contributed by atoms with Gasteiger partial charge >= 0.3 is 0 Å². The SMILES string of the molecule is c1ccc(CCc2cc(CCc3ccccc3)cc(-c3ccccc3-c3cnc4c5ccccc5c5ccccc5n34)c2)cc1. The van der Waals surface area contributed by atoms with E-state index in [0.29, 0.717) is 0 Å². The van der Waals surface area contributed by atoms with Gasteiger partial charge in [-0.3, -0.25) is 4.40 Å². The van der Waals surface area contributed by atoms with Gasteiger partial charge in [0.1, 0.15) is 5.65 Å². The third-order valence-electron chi connectivity index (χ3n) is 9.02. The summed E-state index contributed by atoms with van der Waals surface area (Å²) in [7, 11) is 0. The minimum Gasteiger partial charge on any atom is -0.292 e. The summed E-state index contributed by atoms with van der Waals surface area (Å²) in [6.07, 6.45) is 6.12. The van der Waals surface area contributed by atoms with E-state index in [-0.39, 0.29) is 0 Å². The van der Waals surface area contributed by atoms with Crippen molar-refractivity contribution in [1.29, 1.82) is 0 Å². The second-order valence-electron chi connectivity index (χ2n) is 11.9. The lowest BCUT2D eigenvalue weighted by Crippen LogP contribution is -1.98. The first kappa shape index (κ1) is 27.1. The average Bonchev–Trinajstić information content (AvgIpc) is 3.57. The Kier molecular flexibility index (Phi) is 7.17. The first-order valence-corrected chi connectivity index (χ1v) is 15.9. The molecule has 6 aromatic carbocycles. The summed E-state index contributed by atoms with van der Waals surface area (Å²) in [6.45, 7) is 0. The summed E-state index contributed by atoms with van der Waals surface area (Å²) in [6, 6.07) is 55.0. The number of hydrogen-bond acceptors (Lipinski definition) is 1. The maximum atomic E-state index is 5.03. The minimum absolute atomic E-state index is 0.995. The molecule has 0 N–H and O–H groups in total. The summed E-state index contributed by atoms with van der Waals surface area (Å²) < 4.78 is 2.35. The fourth-order valence-electron chi connectivity index (χ4n) is 6.82. The van der Waals surface area contributed by atoms with Gasteiger partial charge in [0.2, 0.25) is 0 Å². The number of para-hydroxylation sites is 1. The van der Waals surface area contributed by atoms with Crippen LogP contribution in [0.1, 0.15) is 22.3 Å². The monoisotopic (exact) mass is 578 g/mol. The van der Waals surface area contributed by atoms with Crippen LogP contribution in [0.4, 0.5) is 0 Å². The van der Waals surface area contributed by atoms with Gasteiger partial charge in [-0.05, 0) is 70.5 Å². The van der Waals surface area contributed by atoms with Crippen LogP contribution >= 0.6 is 0 Å². The van der Waals surface area contributed by atoms with E-state index >= 15 is 0 Å². The average molecular weight is 579 g/mol. The Morgan fingerprint density at radius 1 is 0.422 bits per heavy atom. The lowest BCUT2D eigenvalue weighted by Gasteiger charge is -2.15. The summed E-state index contributed by atoms with van der Waals surface area (Å²) in [5, 5.41) is 3.65. The Balaban J connectivity index is 1.26. The molecule has 0 radical (unpaired) electrons. The zero-order chi connectivity index (χ0) is 30.0. The molecule has 0 unspecified atom stereocenters. The van der Waals surface area contributed by atoms with Gasteiger partial charge in [0.25, 0.3) is 0 Å². The quantitative estimate of drug-likeness (QED) is 0.164. The van der Waals surface area contributed by atoms with E-state index in [1.165, 1.54) is 60.6 Å². The van der Waals surface area contributed by atoms with Crippen molar-refractivity contribution in [2.75, 3.05) is 0 Å². The fourth-order valence-corrected chi connectivity index (χ4v) is 6.82. The van der Waals surface area contributed by atoms with Gasteiger partial charge in [-0.15, -0.1) is 0 Å². The summed E-state index contributed by atoms with van der Waals surface area (Å²) in [5.74, 6) is 0. The molecule has 2 nitrogen and oxygen atoms in total. The van der Waals surface area contributed by atoms with Crippen molar-refractivity contribution in [3.63, 3.8) is 0 Å². The Hall–Kier alpha value is -5.47. The van der Waals surface area contributed by atoms with Gasteiger partial charge in [-0.1, -0.05) is 146 Å². The van der Waals surface area contributed by atoms with Crippen LogP contribution in [0.25, 0.3) is 49.7 Å². The maximum Gasteiger partial charge on any atom is 0.145 e. The smallest absolute Gasteiger partial charge is 0.145 e. The van der Waals surface area contributed by atoms with Crippen LogP contribution in [0.15, 0.2) is 158 Å². The molecule has 2 heteroatoms. The molecule has 0 fully saturated rings. The van der Waals surface area contributed by atoms with Crippen molar-refractivity contribution in [3.05, 3.63) is 180 Å². The molecule has 0 saturated carbocycles. The zero-order valence-electron chi connectivity index (χ0n) is 25.2. The Morgan fingerprint density at radius 2 is 0.933 bits per heavy atom. The normalized spacial score (nSPS) is 11.5. The molecule has 0 aliphatic carbocycles. The van der Waals surface area contributed by atoms with Crippen LogP contribution in [-0.2, 0) is 25.7 Å². The molecule has 8 rings (SSSR count). The van der Waals surface area contributed by atoms with Crippen molar-refractivity contribution in [2.24, 2.45) is 0 Å². The van der Waals surface area contributed by atoms with Crippen molar-refractivity contribution in [1.82, 2.24) is 9.38 Å². The number of hydrogen-bond donors (Lipinski definition) is 0. The highest BCUT2D eigenvalue weighted by Crippen LogP contribution is 2.37. The minimum atomic E-state index is 0.995. The first-order chi connectivity index (χ1) is 22.3. The predicted octanol–water partition coefficient (Wildman–Crippen LogP) is 10.5. The molecule has 0 aliphatic heterocycles. The van der Waals surface area contributed by atoms with E-state index in [0.717, 1.165) is 37.0 Å². The number of aromatic nitrogens is 2. The van der Waals surface area contributed by atoms with Crippen molar-refractivity contribution in [3.8, 4) is 22.4 Å². The van der Waals surface area contributed by atoms with Gasteiger partial charge in [-0.25, -0.2) is 4.98 Å². The van der Waals surface area contributed by atoms with Crippen LogP contribution in [0.3, 0.4) is 0 Å². The fraction of sp³-hybridized carbons (Fsp3) is 0.0930. The molecule has 0 spiro atoms. The van der Waals surface area contributed by atoms with Crippen LogP contribution in [0.5, 0.6) is 0 Å². The first-order valence-electron chi connectivity index (χ1n) is 15.9. The lowest BCUT2D eigenvalue weighted by molar-refractivity contribution is 0.931. The van der Waals surface area contributed by atoms with Gasteiger partial charge in [0.15, 0.2) is 0 Å². The summed E-state index contributed by atoms with van der Waals surface area (Å²) >= 11 is 0. The number of aryl methyl sites for hydroxylation is 4. The van der Waals surface area contributed by atoms with E-state index in [9.17, 15) is 0 Å². The van der Waals surface area contributed by atoms with Crippen LogP contribution in [0.2, 0.25) is 0 Å². The largest absolute Gasteiger partial charge is 0.292 e. The standard InChI is InChI=1S/C43H34N2/c1-3-13-31(14-4-1)23-25-33-27-34(26-24-32-15-5-2-6-16-32)29-35(28-33)36-17-7-9-19-38(36)42-30-44-43-40-21-10-8-18-37(40)39-20-11-12-22-41(39)45(42)43/h1-22,27-30H,23-26H2. The summed E-state index contributed by atoms with van der Waals surface area (Å²) in [4.78, 5) is 5.03. The third kappa shape index (κ3) is 5.30. The molecule has 0 amide bonds. The molecule has 45 heavy (non-hydrogen) atoms. The highest BCUT2D eigenvalue weighted by atomic mass is 15.0. The molecular weight excluding hydrogens is 544 g/mol. The molecule has 8 aromatic rings. The molecule has 0 aliphatic rings.